The van der Waals surface area contributed by atoms with E-state index in [1.165, 1.54) is 13.3 Å². The van der Waals surface area contributed by atoms with Crippen molar-refractivity contribution in [3.63, 3.8) is 0 Å². The molecule has 0 radical (unpaired) electrons. The summed E-state index contributed by atoms with van der Waals surface area (Å²) < 4.78 is 10.4. The van der Waals surface area contributed by atoms with Crippen LogP contribution in [0.4, 0.5) is 0 Å². The Bertz CT molecular complexity index is 767. The smallest absolute Gasteiger partial charge is 0.261 e. The Morgan fingerprint density at radius 2 is 1.88 bits per heavy atom. The molecular weight excluding hydrogens is 306 g/mol. The van der Waals surface area contributed by atoms with Crippen LogP contribution in [0, 0.1) is 11.3 Å². The van der Waals surface area contributed by atoms with Gasteiger partial charge in [-0.3, -0.25) is 4.79 Å². The number of rotatable bonds is 6. The molecule has 24 heavy (non-hydrogen) atoms. The van der Waals surface area contributed by atoms with E-state index in [-0.39, 0.29) is 0 Å². The van der Waals surface area contributed by atoms with Gasteiger partial charge in [-0.05, 0) is 29.3 Å². The summed E-state index contributed by atoms with van der Waals surface area (Å²) in [6.45, 7) is 0. The van der Waals surface area contributed by atoms with E-state index in [4.69, 9.17) is 9.47 Å². The highest BCUT2D eigenvalue weighted by molar-refractivity contribution is 5.88. The zero-order valence-electron chi connectivity index (χ0n) is 13.4. The fraction of sp³-hybridized carbons (Fsp3) is 0.167. The molecule has 0 unspecified atom stereocenters. The van der Waals surface area contributed by atoms with Crippen LogP contribution in [0.5, 0.6) is 11.5 Å². The number of nitrogens with one attached hydrogen (secondary N) is 1. The number of hydrogen-bond acceptors (Lipinski definition) is 5. The lowest BCUT2D eigenvalue weighted by molar-refractivity contribution is -0.121. The van der Waals surface area contributed by atoms with Gasteiger partial charge in [0.25, 0.3) is 5.91 Å². The second kappa shape index (κ2) is 8.34. The average Bonchev–Trinajstić information content (AvgIpc) is 2.63. The molecule has 1 N–H and O–H groups in total. The summed E-state index contributed by atoms with van der Waals surface area (Å²) in [5, 5.41) is 13.1. The maximum Gasteiger partial charge on any atom is 0.261 e. The fourth-order valence-corrected chi connectivity index (χ4v) is 2.10. The van der Waals surface area contributed by atoms with Crippen LogP contribution in [0.3, 0.4) is 0 Å². The molecule has 0 fully saturated rings. The number of methoxy groups -OCH3 is 2. The largest absolute Gasteiger partial charge is 0.493 e. The molecule has 6 nitrogen and oxygen atoms in total. The van der Waals surface area contributed by atoms with E-state index in [0.29, 0.717) is 17.1 Å². The van der Waals surface area contributed by atoms with E-state index in [9.17, 15) is 10.1 Å². The van der Waals surface area contributed by atoms with E-state index in [1.54, 1.807) is 49.6 Å². The molecule has 2 aromatic carbocycles. The SMILES string of the molecule is COc1ccc(/C=N\NC(=O)[C@H](C#N)c2ccccc2)cc1OC. The van der Waals surface area contributed by atoms with Gasteiger partial charge in [-0.2, -0.15) is 10.4 Å². The van der Waals surface area contributed by atoms with Crippen molar-refractivity contribution in [3.05, 3.63) is 59.7 Å². The molecule has 1 amide bonds. The summed E-state index contributed by atoms with van der Waals surface area (Å²) in [6, 6.07) is 16.1. The molecule has 0 bridgehead atoms. The molecule has 0 spiro atoms. The van der Waals surface area contributed by atoms with Crippen LogP contribution >= 0.6 is 0 Å². The average molecular weight is 323 g/mol. The van der Waals surface area contributed by atoms with Gasteiger partial charge in [0.2, 0.25) is 0 Å². The van der Waals surface area contributed by atoms with Crippen molar-refractivity contribution < 1.29 is 14.3 Å². The molecule has 122 valence electrons. The zero-order valence-corrected chi connectivity index (χ0v) is 13.4. The molecule has 0 aliphatic carbocycles. The predicted octanol–water partition coefficient (Wildman–Crippen LogP) is 2.46. The van der Waals surface area contributed by atoms with Gasteiger partial charge in [0, 0.05) is 0 Å². The Morgan fingerprint density at radius 3 is 2.50 bits per heavy atom. The number of hydrogen-bond donors (Lipinski definition) is 1. The van der Waals surface area contributed by atoms with Crippen molar-refractivity contribution in [1.29, 1.82) is 5.26 Å². The predicted molar refractivity (Wildman–Crippen MR) is 90.1 cm³/mol. The monoisotopic (exact) mass is 323 g/mol. The van der Waals surface area contributed by atoms with Crippen molar-refractivity contribution in [3.8, 4) is 17.6 Å². The van der Waals surface area contributed by atoms with Crippen LogP contribution in [0.2, 0.25) is 0 Å². The normalized spacial score (nSPS) is 11.5. The maximum atomic E-state index is 12.1. The third-order valence-corrected chi connectivity index (χ3v) is 3.32. The van der Waals surface area contributed by atoms with Crippen LogP contribution in [0.1, 0.15) is 17.0 Å². The number of ether oxygens (including phenoxy) is 2. The third-order valence-electron chi connectivity index (χ3n) is 3.32. The first-order valence-corrected chi connectivity index (χ1v) is 7.19. The molecule has 0 heterocycles. The van der Waals surface area contributed by atoms with Crippen molar-refractivity contribution in [2.45, 2.75) is 5.92 Å². The van der Waals surface area contributed by atoms with E-state index in [0.717, 1.165) is 5.56 Å². The van der Waals surface area contributed by atoms with Gasteiger partial charge in [0.05, 0.1) is 26.5 Å². The standard InChI is InChI=1S/C18H17N3O3/c1-23-16-9-8-13(10-17(16)24-2)12-20-21-18(22)15(11-19)14-6-4-3-5-7-14/h3-10,12,15H,1-2H3,(H,21,22)/b20-12-/t15-/m1/s1. The molecule has 2 aromatic rings. The van der Waals surface area contributed by atoms with Gasteiger partial charge >= 0.3 is 0 Å². The summed E-state index contributed by atoms with van der Waals surface area (Å²) in [4.78, 5) is 12.1. The highest BCUT2D eigenvalue weighted by Crippen LogP contribution is 2.26. The molecule has 0 aliphatic heterocycles. The number of amides is 1. The summed E-state index contributed by atoms with van der Waals surface area (Å²) in [5.74, 6) is -0.228. The zero-order chi connectivity index (χ0) is 17.4. The highest BCUT2D eigenvalue weighted by Gasteiger charge is 2.19. The minimum atomic E-state index is -0.909. The number of carbonyl (C=O) groups excluding carboxylic acids is 1. The highest BCUT2D eigenvalue weighted by atomic mass is 16.5. The molecule has 0 saturated heterocycles. The lowest BCUT2D eigenvalue weighted by atomic mass is 10.0. The number of benzene rings is 2. The lowest BCUT2D eigenvalue weighted by Crippen LogP contribution is -2.24. The second-order valence-corrected chi connectivity index (χ2v) is 4.82. The van der Waals surface area contributed by atoms with E-state index < -0.39 is 11.8 Å². The fourth-order valence-electron chi connectivity index (χ4n) is 2.10. The summed E-state index contributed by atoms with van der Waals surface area (Å²) >= 11 is 0. The number of carbonyl (C=O) groups is 1. The molecule has 0 saturated carbocycles. The van der Waals surface area contributed by atoms with Gasteiger partial charge < -0.3 is 9.47 Å². The molecule has 0 aliphatic rings. The minimum Gasteiger partial charge on any atom is -0.493 e. The van der Waals surface area contributed by atoms with Gasteiger partial charge in [-0.15, -0.1) is 0 Å². The molecule has 2 rings (SSSR count). The Kier molecular flexibility index (Phi) is 5.92. The van der Waals surface area contributed by atoms with Gasteiger partial charge in [-0.25, -0.2) is 5.43 Å². The van der Waals surface area contributed by atoms with Gasteiger partial charge in [-0.1, -0.05) is 30.3 Å². The molecular formula is C18H17N3O3. The van der Waals surface area contributed by atoms with Gasteiger partial charge in [0.15, 0.2) is 17.4 Å². The molecule has 1 atom stereocenters. The van der Waals surface area contributed by atoms with E-state index in [1.807, 2.05) is 12.1 Å². The van der Waals surface area contributed by atoms with E-state index in [2.05, 4.69) is 10.5 Å². The minimum absolute atomic E-state index is 0.486. The van der Waals surface area contributed by atoms with Crippen LogP contribution in [0.25, 0.3) is 0 Å². The number of nitriles is 1. The third kappa shape index (κ3) is 4.11. The van der Waals surface area contributed by atoms with Crippen LogP contribution in [-0.2, 0) is 4.79 Å². The second-order valence-electron chi connectivity index (χ2n) is 4.82. The molecule has 6 heteroatoms. The molecule has 0 aromatic heterocycles. The van der Waals surface area contributed by atoms with Crippen LogP contribution in [-0.4, -0.2) is 26.3 Å². The first-order chi connectivity index (χ1) is 11.7. The summed E-state index contributed by atoms with van der Waals surface area (Å²) in [7, 11) is 3.09. The van der Waals surface area contributed by atoms with E-state index >= 15 is 0 Å². The van der Waals surface area contributed by atoms with Crippen molar-refractivity contribution >= 4 is 12.1 Å². The quantitative estimate of drug-likeness (QED) is 0.654. The number of hydrazone groups is 1. The summed E-state index contributed by atoms with van der Waals surface area (Å²) in [5.41, 5.74) is 3.73. The van der Waals surface area contributed by atoms with Crippen molar-refractivity contribution in [2.75, 3.05) is 14.2 Å². The van der Waals surface area contributed by atoms with Crippen LogP contribution in [0.15, 0.2) is 53.6 Å². The Hall–Kier alpha value is -3.33. The first-order valence-electron chi connectivity index (χ1n) is 7.19. The topological polar surface area (TPSA) is 83.7 Å². The summed E-state index contributed by atoms with van der Waals surface area (Å²) in [6.07, 6.45) is 1.47. The van der Waals surface area contributed by atoms with Gasteiger partial charge in [0.1, 0.15) is 0 Å². The Morgan fingerprint density at radius 1 is 1.17 bits per heavy atom. The Balaban J connectivity index is 2.05. The first kappa shape index (κ1) is 17.0. The maximum absolute atomic E-state index is 12.1. The number of nitrogens with zero attached hydrogens (tertiary/aromatic N) is 2. The lowest BCUT2D eigenvalue weighted by Gasteiger charge is -2.08. The van der Waals surface area contributed by atoms with Crippen LogP contribution < -0.4 is 14.9 Å². The van der Waals surface area contributed by atoms with Crippen molar-refractivity contribution in [2.24, 2.45) is 5.10 Å². The Labute approximate surface area is 140 Å². The van der Waals surface area contributed by atoms with Crippen molar-refractivity contribution in [1.82, 2.24) is 5.43 Å².